The number of thiazole rings is 1. The molecule has 31 heavy (non-hydrogen) atoms. The molecule has 7 heteroatoms. The molecule has 2 spiro atoms. The number of hydrogen-bond donors (Lipinski definition) is 1. The molecule has 0 bridgehead atoms. The molecule has 164 valence electrons. The number of benzene rings is 1. The molecule has 1 aliphatic heterocycles. The van der Waals surface area contributed by atoms with Gasteiger partial charge in [0.15, 0.2) is 11.5 Å². The van der Waals surface area contributed by atoms with Crippen LogP contribution in [0.15, 0.2) is 28.6 Å². The number of fused-ring (bicyclic) bond motifs is 3. The number of nitrogens with zero attached hydrogens (tertiary/aromatic N) is 3. The fraction of sp³-hybridized carbons (Fsp3) is 0.542. The van der Waals surface area contributed by atoms with Gasteiger partial charge in [-0.2, -0.15) is 0 Å². The lowest BCUT2D eigenvalue weighted by atomic mass is 9.61. The number of aryl methyl sites for hydroxylation is 1. The van der Waals surface area contributed by atoms with Crippen LogP contribution >= 0.6 is 11.3 Å². The molecule has 2 aromatic rings. The van der Waals surface area contributed by atoms with Crippen LogP contribution < -0.4 is 5.73 Å². The zero-order valence-electron chi connectivity index (χ0n) is 18.6. The Labute approximate surface area is 187 Å². The average Bonchev–Trinajstić information content (AvgIpc) is 3.37. The summed E-state index contributed by atoms with van der Waals surface area (Å²) in [6.45, 7) is 6.00. The van der Waals surface area contributed by atoms with Crippen molar-refractivity contribution in [2.75, 3.05) is 7.11 Å². The van der Waals surface area contributed by atoms with Crippen LogP contribution in [0, 0.1) is 12.3 Å². The number of hydrogen-bond acceptors (Lipinski definition) is 6. The lowest BCUT2D eigenvalue weighted by Gasteiger charge is -2.45. The van der Waals surface area contributed by atoms with Crippen molar-refractivity contribution < 1.29 is 9.53 Å². The minimum atomic E-state index is -0.947. The van der Waals surface area contributed by atoms with Crippen LogP contribution in [0.1, 0.15) is 56.4 Å². The van der Waals surface area contributed by atoms with Crippen LogP contribution in [0.5, 0.6) is 0 Å². The van der Waals surface area contributed by atoms with E-state index in [4.69, 9.17) is 15.5 Å². The second-order valence-electron chi connectivity index (χ2n) is 9.51. The predicted molar refractivity (Wildman–Crippen MR) is 123 cm³/mol. The van der Waals surface area contributed by atoms with E-state index in [1.54, 1.807) is 23.3 Å². The molecule has 1 aromatic heterocycles. The molecule has 2 aliphatic carbocycles. The van der Waals surface area contributed by atoms with E-state index in [1.807, 2.05) is 20.8 Å². The van der Waals surface area contributed by atoms with Gasteiger partial charge in [-0.3, -0.25) is 9.69 Å². The van der Waals surface area contributed by atoms with Gasteiger partial charge in [0.1, 0.15) is 5.01 Å². The summed E-state index contributed by atoms with van der Waals surface area (Å²) in [5.41, 5.74) is 9.48. The molecular formula is C24H30N4O2S. The van der Waals surface area contributed by atoms with E-state index < -0.39 is 5.54 Å². The SMILES string of the molecule is COC1CCC2(CC1)Cc1ccc(-c3nc(C)cs3)cc1C21N=C(N)N(C(C)C)C1=O. The first-order valence-electron chi connectivity index (χ1n) is 11.1. The molecule has 2 heterocycles. The van der Waals surface area contributed by atoms with Crippen molar-refractivity contribution in [1.29, 1.82) is 0 Å². The summed E-state index contributed by atoms with van der Waals surface area (Å²) in [5.74, 6) is 0.374. The van der Waals surface area contributed by atoms with Gasteiger partial charge >= 0.3 is 0 Å². The van der Waals surface area contributed by atoms with E-state index in [0.29, 0.717) is 5.96 Å². The first kappa shape index (κ1) is 20.6. The average molecular weight is 439 g/mol. The maximum atomic E-state index is 14.1. The smallest absolute Gasteiger partial charge is 0.262 e. The standard InChI is InChI=1S/C24H30N4O2S/c1-14(2)28-21(29)24(27-22(28)25)19-11-16(20-26-15(3)13-31-20)5-6-17(19)12-23(24)9-7-18(30-4)8-10-23/h5-6,11,13-14,18H,7-10,12H2,1-4H3,(H2,25,27). The second-order valence-corrected chi connectivity index (χ2v) is 10.4. The number of carbonyl (C=O) groups excluding carboxylic acids is 1. The molecular weight excluding hydrogens is 408 g/mol. The lowest BCUT2D eigenvalue weighted by Crippen LogP contribution is -2.53. The summed E-state index contributed by atoms with van der Waals surface area (Å²) in [7, 11) is 1.78. The van der Waals surface area contributed by atoms with Crippen molar-refractivity contribution in [3.8, 4) is 10.6 Å². The topological polar surface area (TPSA) is 80.8 Å². The Bertz CT molecular complexity index is 1070. The van der Waals surface area contributed by atoms with Gasteiger partial charge in [-0.1, -0.05) is 12.1 Å². The minimum absolute atomic E-state index is 0.0297. The van der Waals surface area contributed by atoms with Crippen molar-refractivity contribution in [3.63, 3.8) is 0 Å². The predicted octanol–water partition coefficient (Wildman–Crippen LogP) is 4.01. The van der Waals surface area contributed by atoms with E-state index in [1.165, 1.54) is 5.56 Å². The second kappa shape index (κ2) is 7.14. The molecule has 2 N–H and O–H groups in total. The fourth-order valence-electron chi connectivity index (χ4n) is 5.96. The third kappa shape index (κ3) is 2.82. The number of guanidine groups is 1. The summed E-state index contributed by atoms with van der Waals surface area (Å²) < 4.78 is 5.65. The van der Waals surface area contributed by atoms with Gasteiger partial charge in [0.25, 0.3) is 5.91 Å². The molecule has 1 fully saturated rings. The Morgan fingerprint density at radius 1 is 1.29 bits per heavy atom. The zero-order valence-corrected chi connectivity index (χ0v) is 19.5. The Hall–Kier alpha value is -2.25. The molecule has 1 saturated carbocycles. The number of ether oxygens (including phenoxy) is 1. The number of aliphatic imine (C=N–C) groups is 1. The fourth-order valence-corrected chi connectivity index (χ4v) is 6.75. The summed E-state index contributed by atoms with van der Waals surface area (Å²) in [4.78, 5) is 25.5. The summed E-state index contributed by atoms with van der Waals surface area (Å²) in [5, 5.41) is 3.03. The molecule has 1 amide bonds. The molecule has 1 atom stereocenters. The maximum absolute atomic E-state index is 14.1. The van der Waals surface area contributed by atoms with E-state index in [2.05, 4.69) is 28.6 Å². The van der Waals surface area contributed by atoms with Gasteiger partial charge in [-0.25, -0.2) is 9.98 Å². The first-order valence-corrected chi connectivity index (χ1v) is 12.0. The number of rotatable bonds is 3. The third-order valence-corrected chi connectivity index (χ3v) is 8.47. The van der Waals surface area contributed by atoms with Crippen LogP contribution in [0.25, 0.3) is 10.6 Å². The number of carbonyl (C=O) groups is 1. The van der Waals surface area contributed by atoms with Crippen LogP contribution in [0.4, 0.5) is 0 Å². The van der Waals surface area contributed by atoms with Crippen molar-refractivity contribution in [2.24, 2.45) is 16.1 Å². The van der Waals surface area contributed by atoms with Crippen molar-refractivity contribution in [2.45, 2.75) is 70.6 Å². The van der Waals surface area contributed by atoms with Crippen molar-refractivity contribution in [1.82, 2.24) is 9.88 Å². The zero-order chi connectivity index (χ0) is 22.0. The molecule has 1 aromatic carbocycles. The van der Waals surface area contributed by atoms with Crippen LogP contribution in [0.2, 0.25) is 0 Å². The highest BCUT2D eigenvalue weighted by Gasteiger charge is 2.66. The minimum Gasteiger partial charge on any atom is -0.381 e. The lowest BCUT2D eigenvalue weighted by molar-refractivity contribution is -0.139. The largest absolute Gasteiger partial charge is 0.381 e. The monoisotopic (exact) mass is 438 g/mol. The number of nitrogens with two attached hydrogens (primary N) is 1. The number of methoxy groups -OCH3 is 1. The van der Waals surface area contributed by atoms with Gasteiger partial charge in [0.05, 0.1) is 6.10 Å². The van der Waals surface area contributed by atoms with Crippen LogP contribution in [-0.4, -0.2) is 41.0 Å². The van der Waals surface area contributed by atoms with Gasteiger partial charge in [0, 0.05) is 35.2 Å². The Morgan fingerprint density at radius 3 is 2.61 bits per heavy atom. The Morgan fingerprint density at radius 2 is 2.03 bits per heavy atom. The summed E-state index contributed by atoms with van der Waals surface area (Å²) in [6, 6.07) is 6.44. The van der Waals surface area contributed by atoms with E-state index >= 15 is 0 Å². The highest BCUT2D eigenvalue weighted by atomic mass is 32.1. The van der Waals surface area contributed by atoms with Crippen LogP contribution in [-0.2, 0) is 21.5 Å². The van der Waals surface area contributed by atoms with E-state index in [9.17, 15) is 4.79 Å². The normalized spacial score (nSPS) is 30.0. The van der Waals surface area contributed by atoms with Gasteiger partial charge in [-0.15, -0.1) is 11.3 Å². The Kier molecular flexibility index (Phi) is 4.75. The van der Waals surface area contributed by atoms with Crippen molar-refractivity contribution in [3.05, 3.63) is 40.4 Å². The molecule has 0 saturated heterocycles. The first-order chi connectivity index (χ1) is 14.8. The molecule has 1 unspecified atom stereocenters. The maximum Gasteiger partial charge on any atom is 0.262 e. The van der Waals surface area contributed by atoms with E-state index in [0.717, 1.165) is 53.9 Å². The summed E-state index contributed by atoms with van der Waals surface area (Å²) in [6.07, 6.45) is 4.79. The van der Waals surface area contributed by atoms with Gasteiger partial charge in [-0.05, 0) is 70.1 Å². The van der Waals surface area contributed by atoms with E-state index in [-0.39, 0.29) is 23.5 Å². The number of aromatic nitrogens is 1. The highest BCUT2D eigenvalue weighted by molar-refractivity contribution is 7.13. The molecule has 0 radical (unpaired) electrons. The highest BCUT2D eigenvalue weighted by Crippen LogP contribution is 2.62. The Balaban J connectivity index is 1.68. The van der Waals surface area contributed by atoms with Gasteiger partial charge < -0.3 is 10.5 Å². The number of amides is 1. The molecule has 3 aliphatic rings. The molecule has 5 rings (SSSR count). The quantitative estimate of drug-likeness (QED) is 0.785. The third-order valence-electron chi connectivity index (χ3n) is 7.46. The van der Waals surface area contributed by atoms with Crippen LogP contribution in [0.3, 0.4) is 0 Å². The van der Waals surface area contributed by atoms with Crippen molar-refractivity contribution >= 4 is 23.2 Å². The van der Waals surface area contributed by atoms with Gasteiger partial charge in [0.2, 0.25) is 0 Å². The summed E-state index contributed by atoms with van der Waals surface area (Å²) >= 11 is 1.63. The molecule has 6 nitrogen and oxygen atoms in total.